The Balaban J connectivity index is 2.22. The first-order valence-corrected chi connectivity index (χ1v) is 6.84. The Labute approximate surface area is 120 Å². The second kappa shape index (κ2) is 5.75. The molecule has 1 heterocycles. The number of rotatable bonds is 3. The van der Waals surface area contributed by atoms with Gasteiger partial charge in [0.25, 0.3) is 0 Å². The first-order chi connectivity index (χ1) is 8.97. The molecule has 1 aromatic carbocycles. The predicted molar refractivity (Wildman–Crippen MR) is 82.8 cm³/mol. The summed E-state index contributed by atoms with van der Waals surface area (Å²) in [5, 5.41) is 0. The summed E-state index contributed by atoms with van der Waals surface area (Å²) in [5.74, 6) is 0.840. The number of anilines is 1. The molecule has 19 heavy (non-hydrogen) atoms. The Morgan fingerprint density at radius 1 is 1.47 bits per heavy atom. The average molecular weight is 279 g/mol. The number of benzene rings is 1. The van der Waals surface area contributed by atoms with Crippen molar-refractivity contribution in [1.82, 2.24) is 9.80 Å². The van der Waals surface area contributed by atoms with Gasteiger partial charge in [0.1, 0.15) is 16.8 Å². The summed E-state index contributed by atoms with van der Waals surface area (Å²) in [6.07, 6.45) is 1.12. The first kappa shape index (κ1) is 14.1. The number of nitrogens with two attached hydrogens (primary N) is 1. The van der Waals surface area contributed by atoms with Crippen LogP contribution in [0, 0.1) is 0 Å². The zero-order valence-corrected chi connectivity index (χ0v) is 12.5. The fourth-order valence-corrected chi connectivity index (χ4v) is 2.41. The third-order valence-corrected chi connectivity index (χ3v) is 3.78. The molecule has 1 aromatic rings. The fraction of sp³-hybridized carbons (Fsp3) is 0.500. The molecule has 0 aliphatic carbocycles. The van der Waals surface area contributed by atoms with Crippen molar-refractivity contribution in [2.45, 2.75) is 12.5 Å². The van der Waals surface area contributed by atoms with E-state index >= 15 is 0 Å². The molecule has 0 saturated heterocycles. The minimum absolute atomic E-state index is 0.148. The Morgan fingerprint density at radius 3 is 2.89 bits per heavy atom. The second-order valence-electron chi connectivity index (χ2n) is 5.27. The van der Waals surface area contributed by atoms with E-state index in [1.54, 1.807) is 0 Å². The lowest BCUT2D eigenvalue weighted by Crippen LogP contribution is -2.35. The van der Waals surface area contributed by atoms with E-state index in [1.165, 1.54) is 0 Å². The molecule has 0 radical (unpaired) electrons. The van der Waals surface area contributed by atoms with E-state index in [0.29, 0.717) is 5.69 Å². The number of hydrogen-bond acceptors (Lipinski definition) is 4. The van der Waals surface area contributed by atoms with Crippen molar-refractivity contribution in [1.29, 1.82) is 0 Å². The van der Waals surface area contributed by atoms with Gasteiger partial charge in [0, 0.05) is 19.3 Å². The van der Waals surface area contributed by atoms with Gasteiger partial charge in [0.2, 0.25) is 0 Å². The SMILES string of the molecule is CN(C)CCC1CN(C)C(=S)c2cc(N)ccc2O1. The van der Waals surface area contributed by atoms with Gasteiger partial charge in [-0.25, -0.2) is 0 Å². The number of nitrogen functional groups attached to an aromatic ring is 1. The molecular weight excluding hydrogens is 258 g/mol. The van der Waals surface area contributed by atoms with Crippen LogP contribution in [0.2, 0.25) is 0 Å². The third kappa shape index (κ3) is 3.36. The molecule has 0 spiro atoms. The highest BCUT2D eigenvalue weighted by Crippen LogP contribution is 2.28. The molecule has 1 aliphatic rings. The lowest BCUT2D eigenvalue weighted by atomic mass is 10.1. The molecule has 1 aliphatic heterocycles. The maximum absolute atomic E-state index is 6.09. The number of thiocarbonyl (C=S) groups is 1. The maximum Gasteiger partial charge on any atom is 0.130 e. The Bertz CT molecular complexity index is 476. The van der Waals surface area contributed by atoms with E-state index in [4.69, 9.17) is 22.7 Å². The average Bonchev–Trinajstić information content (AvgIpc) is 2.47. The minimum Gasteiger partial charge on any atom is -0.488 e. The first-order valence-electron chi connectivity index (χ1n) is 6.43. The summed E-state index contributed by atoms with van der Waals surface area (Å²) in [4.78, 5) is 5.03. The standard InChI is InChI=1S/C14H21N3OS/c1-16(2)7-6-11-9-17(3)14(19)12-8-10(15)4-5-13(12)18-11/h4-5,8,11H,6-7,9,15H2,1-3H3. The van der Waals surface area contributed by atoms with E-state index in [-0.39, 0.29) is 6.10 Å². The van der Waals surface area contributed by atoms with Gasteiger partial charge in [-0.2, -0.15) is 0 Å². The minimum atomic E-state index is 0.148. The van der Waals surface area contributed by atoms with E-state index < -0.39 is 0 Å². The van der Waals surface area contributed by atoms with Crippen LogP contribution < -0.4 is 10.5 Å². The number of nitrogens with zero attached hydrogens (tertiary/aromatic N) is 2. The molecule has 1 atom stereocenters. The van der Waals surface area contributed by atoms with Crippen LogP contribution >= 0.6 is 12.2 Å². The molecule has 2 rings (SSSR count). The van der Waals surface area contributed by atoms with Gasteiger partial charge in [0.15, 0.2) is 0 Å². The van der Waals surface area contributed by atoms with Gasteiger partial charge in [0.05, 0.1) is 12.1 Å². The molecule has 0 bridgehead atoms. The lowest BCUT2D eigenvalue weighted by molar-refractivity contribution is 0.160. The summed E-state index contributed by atoms with van der Waals surface area (Å²) >= 11 is 5.50. The monoisotopic (exact) mass is 279 g/mol. The molecule has 0 fully saturated rings. The topological polar surface area (TPSA) is 41.7 Å². The maximum atomic E-state index is 6.09. The quantitative estimate of drug-likeness (QED) is 0.672. The van der Waals surface area contributed by atoms with Crippen LogP contribution in [0.4, 0.5) is 5.69 Å². The van der Waals surface area contributed by atoms with Crippen LogP contribution in [0.3, 0.4) is 0 Å². The van der Waals surface area contributed by atoms with Gasteiger partial charge in [-0.15, -0.1) is 0 Å². The zero-order chi connectivity index (χ0) is 14.0. The largest absolute Gasteiger partial charge is 0.488 e. The summed E-state index contributed by atoms with van der Waals surface area (Å²) in [6.45, 7) is 1.80. The van der Waals surface area contributed by atoms with Gasteiger partial charge in [-0.1, -0.05) is 12.2 Å². The Hall–Kier alpha value is -1.33. The lowest BCUT2D eigenvalue weighted by Gasteiger charge is -2.22. The molecule has 0 saturated carbocycles. The fourth-order valence-electron chi connectivity index (χ4n) is 2.18. The summed E-state index contributed by atoms with van der Waals surface area (Å²) in [5.41, 5.74) is 7.47. The van der Waals surface area contributed by atoms with Gasteiger partial charge in [-0.05, 0) is 38.7 Å². The summed E-state index contributed by atoms with van der Waals surface area (Å²) < 4.78 is 6.09. The van der Waals surface area contributed by atoms with Crippen LogP contribution in [-0.2, 0) is 0 Å². The van der Waals surface area contributed by atoms with Crippen molar-refractivity contribution in [3.8, 4) is 5.75 Å². The molecule has 1 unspecified atom stereocenters. The van der Waals surface area contributed by atoms with E-state index in [2.05, 4.69) is 23.9 Å². The highest BCUT2D eigenvalue weighted by atomic mass is 32.1. The third-order valence-electron chi connectivity index (χ3n) is 3.25. The van der Waals surface area contributed by atoms with Crippen LogP contribution in [0.1, 0.15) is 12.0 Å². The van der Waals surface area contributed by atoms with Gasteiger partial charge >= 0.3 is 0 Å². The van der Waals surface area contributed by atoms with Crippen LogP contribution in [0.5, 0.6) is 5.75 Å². The van der Waals surface area contributed by atoms with Gasteiger partial charge < -0.3 is 20.3 Å². The normalized spacial score (nSPS) is 19.1. The number of likely N-dealkylation sites (N-methyl/N-ethyl adjacent to an activating group) is 1. The van der Waals surface area contributed by atoms with Gasteiger partial charge in [-0.3, -0.25) is 0 Å². The smallest absolute Gasteiger partial charge is 0.130 e. The van der Waals surface area contributed by atoms with E-state index in [9.17, 15) is 0 Å². The Morgan fingerprint density at radius 2 is 2.21 bits per heavy atom. The number of hydrogen-bond donors (Lipinski definition) is 1. The number of fused-ring (bicyclic) bond motifs is 1. The van der Waals surface area contributed by atoms with Crippen molar-refractivity contribution >= 4 is 22.9 Å². The molecule has 0 aromatic heterocycles. The van der Waals surface area contributed by atoms with Crippen LogP contribution in [0.15, 0.2) is 18.2 Å². The van der Waals surface area contributed by atoms with Crippen LogP contribution in [0.25, 0.3) is 0 Å². The highest BCUT2D eigenvalue weighted by molar-refractivity contribution is 7.80. The molecule has 2 N–H and O–H groups in total. The van der Waals surface area contributed by atoms with E-state index in [0.717, 1.165) is 35.8 Å². The highest BCUT2D eigenvalue weighted by Gasteiger charge is 2.24. The summed E-state index contributed by atoms with van der Waals surface area (Å²) in [6, 6.07) is 5.66. The molecule has 104 valence electrons. The van der Waals surface area contributed by atoms with Crippen molar-refractivity contribution in [3.05, 3.63) is 23.8 Å². The van der Waals surface area contributed by atoms with E-state index in [1.807, 2.05) is 25.2 Å². The molecule has 0 amide bonds. The zero-order valence-electron chi connectivity index (χ0n) is 11.7. The molecular formula is C14H21N3OS. The Kier molecular flexibility index (Phi) is 4.27. The number of ether oxygens (including phenoxy) is 1. The van der Waals surface area contributed by atoms with Crippen molar-refractivity contribution < 1.29 is 4.74 Å². The summed E-state index contributed by atoms with van der Waals surface area (Å²) in [7, 11) is 6.14. The molecule has 5 heteroatoms. The van der Waals surface area contributed by atoms with Crippen molar-refractivity contribution in [2.24, 2.45) is 0 Å². The van der Waals surface area contributed by atoms with Crippen molar-refractivity contribution in [2.75, 3.05) is 40.0 Å². The van der Waals surface area contributed by atoms with Crippen molar-refractivity contribution in [3.63, 3.8) is 0 Å². The molecule has 4 nitrogen and oxygen atoms in total. The second-order valence-corrected chi connectivity index (χ2v) is 5.66. The van der Waals surface area contributed by atoms with Crippen LogP contribution in [-0.4, -0.2) is 55.1 Å². The predicted octanol–water partition coefficient (Wildman–Crippen LogP) is 1.59.